The van der Waals surface area contributed by atoms with Gasteiger partial charge in [-0.15, -0.1) is 0 Å². The van der Waals surface area contributed by atoms with E-state index >= 15 is 0 Å². The van der Waals surface area contributed by atoms with Crippen LogP contribution in [0.5, 0.6) is 0 Å². The summed E-state index contributed by atoms with van der Waals surface area (Å²) in [6, 6.07) is 6.60. The van der Waals surface area contributed by atoms with Crippen LogP contribution >= 0.6 is 0 Å². The molecule has 1 aromatic carbocycles. The highest BCUT2D eigenvalue weighted by Gasteiger charge is 2.20. The second-order valence-electron chi connectivity index (χ2n) is 4.49. The van der Waals surface area contributed by atoms with Gasteiger partial charge in [0.15, 0.2) is 0 Å². The fraction of sp³-hybridized carbons (Fsp3) is 0.500. The Bertz CT molecular complexity index is 498. The maximum absolute atomic E-state index is 11.3. The molecular weight excluding hydrogens is 252 g/mol. The summed E-state index contributed by atoms with van der Waals surface area (Å²) in [4.78, 5) is 0.118. The number of rotatable bonds is 7. The van der Waals surface area contributed by atoms with Gasteiger partial charge in [0.1, 0.15) is 4.90 Å². The highest BCUT2D eigenvalue weighted by atomic mass is 32.2. The van der Waals surface area contributed by atoms with Crippen molar-refractivity contribution in [1.29, 1.82) is 0 Å². The maximum atomic E-state index is 11.3. The summed E-state index contributed by atoms with van der Waals surface area (Å²) in [7, 11) is -3.68. The molecule has 3 N–H and O–H groups in total. The van der Waals surface area contributed by atoms with Crippen LogP contribution in [0.25, 0.3) is 0 Å². The first kappa shape index (κ1) is 13.3. The van der Waals surface area contributed by atoms with Gasteiger partial charge in [0.2, 0.25) is 10.0 Å². The molecule has 100 valence electrons. The lowest BCUT2D eigenvalue weighted by Crippen LogP contribution is -2.17. The summed E-state index contributed by atoms with van der Waals surface area (Å²) < 4.78 is 28.2. The van der Waals surface area contributed by atoms with Crippen molar-refractivity contribution in [2.75, 3.05) is 25.1 Å². The average molecular weight is 270 g/mol. The van der Waals surface area contributed by atoms with Crippen molar-refractivity contribution in [2.45, 2.75) is 17.7 Å². The molecule has 0 bridgehead atoms. The predicted octanol–water partition coefficient (Wildman–Crippen LogP) is 1.17. The lowest BCUT2D eigenvalue weighted by atomic mass is 10.3. The largest absolute Gasteiger partial charge is 0.382 e. The zero-order valence-corrected chi connectivity index (χ0v) is 10.9. The van der Waals surface area contributed by atoms with Gasteiger partial charge in [0.05, 0.1) is 12.3 Å². The van der Waals surface area contributed by atoms with Gasteiger partial charge in [0.25, 0.3) is 0 Å². The number of primary sulfonamides is 1. The number of anilines is 1. The minimum Gasteiger partial charge on any atom is -0.382 e. The summed E-state index contributed by atoms with van der Waals surface area (Å²) in [6.07, 6.45) is 2.53. The third-order valence-corrected chi connectivity index (χ3v) is 3.77. The Morgan fingerprint density at radius 3 is 2.72 bits per heavy atom. The number of benzene rings is 1. The molecule has 1 saturated carbocycles. The second kappa shape index (κ2) is 5.69. The molecule has 6 heteroatoms. The zero-order chi connectivity index (χ0) is 13.0. The van der Waals surface area contributed by atoms with Crippen LogP contribution in [0.1, 0.15) is 12.8 Å². The van der Waals surface area contributed by atoms with E-state index in [4.69, 9.17) is 9.88 Å². The minimum atomic E-state index is -3.68. The van der Waals surface area contributed by atoms with Crippen molar-refractivity contribution in [3.05, 3.63) is 24.3 Å². The van der Waals surface area contributed by atoms with Crippen LogP contribution in [-0.4, -0.2) is 28.2 Å². The van der Waals surface area contributed by atoms with E-state index in [1.165, 1.54) is 18.9 Å². The van der Waals surface area contributed by atoms with Crippen molar-refractivity contribution in [2.24, 2.45) is 11.1 Å². The zero-order valence-electron chi connectivity index (χ0n) is 10.1. The first-order valence-corrected chi connectivity index (χ1v) is 7.55. The quantitative estimate of drug-likeness (QED) is 0.729. The Morgan fingerprint density at radius 2 is 2.06 bits per heavy atom. The van der Waals surface area contributed by atoms with E-state index < -0.39 is 10.0 Å². The molecule has 2 rings (SSSR count). The molecule has 1 aliphatic rings. The van der Waals surface area contributed by atoms with Crippen LogP contribution < -0.4 is 10.5 Å². The molecule has 18 heavy (non-hydrogen) atoms. The maximum Gasteiger partial charge on any atom is 0.240 e. The van der Waals surface area contributed by atoms with Crippen molar-refractivity contribution >= 4 is 15.7 Å². The number of para-hydroxylation sites is 1. The first-order valence-electron chi connectivity index (χ1n) is 6.01. The molecule has 0 aliphatic heterocycles. The number of hydrogen-bond acceptors (Lipinski definition) is 4. The molecule has 1 aliphatic carbocycles. The van der Waals surface area contributed by atoms with Gasteiger partial charge in [-0.2, -0.15) is 0 Å². The van der Waals surface area contributed by atoms with E-state index in [-0.39, 0.29) is 4.90 Å². The Hall–Kier alpha value is -1.11. The minimum absolute atomic E-state index is 0.118. The van der Waals surface area contributed by atoms with Crippen molar-refractivity contribution in [1.82, 2.24) is 0 Å². The molecule has 0 amide bonds. The molecule has 0 aromatic heterocycles. The highest BCUT2D eigenvalue weighted by molar-refractivity contribution is 7.89. The number of ether oxygens (including phenoxy) is 1. The van der Waals surface area contributed by atoms with E-state index in [1.54, 1.807) is 18.2 Å². The molecular formula is C12H18N2O3S. The fourth-order valence-corrected chi connectivity index (χ4v) is 2.37. The van der Waals surface area contributed by atoms with Crippen LogP contribution in [0.4, 0.5) is 5.69 Å². The molecule has 0 atom stereocenters. The normalized spacial score (nSPS) is 15.6. The summed E-state index contributed by atoms with van der Waals surface area (Å²) in [6.45, 7) is 1.94. The summed E-state index contributed by atoms with van der Waals surface area (Å²) in [5, 5.41) is 8.17. The molecule has 0 saturated heterocycles. The number of nitrogens with two attached hydrogens (primary N) is 1. The summed E-state index contributed by atoms with van der Waals surface area (Å²) in [5.74, 6) is 0.738. The molecule has 1 fully saturated rings. The smallest absolute Gasteiger partial charge is 0.240 e. The Kier molecular flexibility index (Phi) is 4.21. The van der Waals surface area contributed by atoms with Gasteiger partial charge >= 0.3 is 0 Å². The Balaban J connectivity index is 1.84. The van der Waals surface area contributed by atoms with Gasteiger partial charge < -0.3 is 10.1 Å². The topological polar surface area (TPSA) is 81.4 Å². The van der Waals surface area contributed by atoms with Crippen LogP contribution in [0.2, 0.25) is 0 Å². The van der Waals surface area contributed by atoms with Crippen LogP contribution in [-0.2, 0) is 14.8 Å². The standard InChI is InChI=1S/C12H18N2O3S/c13-18(15,16)12-4-2-1-3-11(12)14-7-8-17-9-10-5-6-10/h1-4,10,14H,5-9H2,(H2,13,15,16). The number of hydrogen-bond donors (Lipinski definition) is 2. The average Bonchev–Trinajstić information content (AvgIpc) is 3.12. The van der Waals surface area contributed by atoms with E-state index in [0.29, 0.717) is 18.8 Å². The van der Waals surface area contributed by atoms with Gasteiger partial charge in [0, 0.05) is 13.2 Å². The van der Waals surface area contributed by atoms with E-state index in [9.17, 15) is 8.42 Å². The SMILES string of the molecule is NS(=O)(=O)c1ccccc1NCCOCC1CC1. The third kappa shape index (κ3) is 3.97. The Labute approximate surface area is 107 Å². The molecule has 0 unspecified atom stereocenters. The van der Waals surface area contributed by atoms with E-state index in [1.807, 2.05) is 0 Å². The molecule has 0 heterocycles. The third-order valence-electron chi connectivity index (χ3n) is 2.81. The Morgan fingerprint density at radius 1 is 1.33 bits per heavy atom. The lowest BCUT2D eigenvalue weighted by Gasteiger charge is -2.10. The number of sulfonamides is 1. The predicted molar refractivity (Wildman–Crippen MR) is 69.8 cm³/mol. The summed E-state index contributed by atoms with van der Waals surface area (Å²) >= 11 is 0. The summed E-state index contributed by atoms with van der Waals surface area (Å²) in [5.41, 5.74) is 0.523. The first-order chi connectivity index (χ1) is 8.57. The van der Waals surface area contributed by atoms with Crippen LogP contribution in [0, 0.1) is 5.92 Å². The van der Waals surface area contributed by atoms with E-state index in [2.05, 4.69) is 5.32 Å². The number of nitrogens with one attached hydrogen (secondary N) is 1. The molecule has 0 radical (unpaired) electrons. The van der Waals surface area contributed by atoms with Crippen molar-refractivity contribution < 1.29 is 13.2 Å². The molecule has 1 aromatic rings. The monoisotopic (exact) mass is 270 g/mol. The highest BCUT2D eigenvalue weighted by Crippen LogP contribution is 2.28. The fourth-order valence-electron chi connectivity index (χ4n) is 1.65. The van der Waals surface area contributed by atoms with E-state index in [0.717, 1.165) is 12.5 Å². The lowest BCUT2D eigenvalue weighted by molar-refractivity contribution is 0.134. The second-order valence-corrected chi connectivity index (χ2v) is 6.02. The van der Waals surface area contributed by atoms with Gasteiger partial charge in [-0.25, -0.2) is 13.6 Å². The van der Waals surface area contributed by atoms with Crippen LogP contribution in [0.15, 0.2) is 29.2 Å². The van der Waals surface area contributed by atoms with Gasteiger partial charge in [-0.1, -0.05) is 12.1 Å². The van der Waals surface area contributed by atoms with Crippen molar-refractivity contribution in [3.8, 4) is 0 Å². The van der Waals surface area contributed by atoms with Gasteiger partial charge in [-0.05, 0) is 30.9 Å². The van der Waals surface area contributed by atoms with Gasteiger partial charge in [-0.3, -0.25) is 0 Å². The molecule has 5 nitrogen and oxygen atoms in total. The van der Waals surface area contributed by atoms with Crippen LogP contribution in [0.3, 0.4) is 0 Å². The van der Waals surface area contributed by atoms with Crippen molar-refractivity contribution in [3.63, 3.8) is 0 Å². The molecule has 0 spiro atoms.